The predicted molar refractivity (Wildman–Crippen MR) is 58.2 cm³/mol. The Morgan fingerprint density at radius 2 is 2.00 bits per heavy atom. The number of rotatable bonds is 7. The maximum Gasteiger partial charge on any atom is 0.415 e. The Hall–Kier alpha value is -0.480. The number of carbonyl (C=O) groups is 1. The zero-order chi connectivity index (χ0) is 14.3. The van der Waals surface area contributed by atoms with Gasteiger partial charge < -0.3 is 15.1 Å². The Kier molecular flexibility index (Phi) is 6.94. The third kappa shape index (κ3) is 5.19. The van der Waals surface area contributed by atoms with E-state index in [1.165, 1.54) is 0 Å². The van der Waals surface area contributed by atoms with E-state index >= 15 is 0 Å². The van der Waals surface area contributed by atoms with Crippen molar-refractivity contribution in [1.82, 2.24) is 0 Å². The van der Waals surface area contributed by atoms with Crippen molar-refractivity contribution in [3.05, 3.63) is 0 Å². The molecule has 0 spiro atoms. The van der Waals surface area contributed by atoms with E-state index in [0.717, 1.165) is 25.7 Å². The summed E-state index contributed by atoms with van der Waals surface area (Å²) < 4.78 is 34.0. The van der Waals surface area contributed by atoms with Crippen LogP contribution >= 0.6 is 12.0 Å². The van der Waals surface area contributed by atoms with Crippen LogP contribution in [-0.2, 0) is 18.9 Å². The number of aliphatic hydroxyl groups is 1. The lowest BCUT2D eigenvalue weighted by Crippen LogP contribution is -2.33. The van der Waals surface area contributed by atoms with Gasteiger partial charge in [-0.2, -0.15) is 13.1 Å². The first kappa shape index (κ1) is 16.6. The van der Waals surface area contributed by atoms with E-state index in [1.54, 1.807) is 0 Å². The molecule has 0 bridgehead atoms. The van der Waals surface area contributed by atoms with E-state index in [1.807, 2.05) is 0 Å². The highest BCUT2D eigenvalue weighted by molar-refractivity contribution is 7.96. The Labute approximate surface area is 113 Å². The predicted octanol–water partition coefficient (Wildman–Crippen LogP) is 0.793. The van der Waals surface area contributed by atoms with Crippen molar-refractivity contribution in [3.8, 4) is 0 Å². The molecule has 1 saturated carbocycles. The highest BCUT2D eigenvalue weighted by atomic mass is 32.2. The summed E-state index contributed by atoms with van der Waals surface area (Å²) in [6, 6.07) is 0. The molecule has 2 unspecified atom stereocenters. The second-order valence-electron chi connectivity index (χ2n) is 4.32. The second-order valence-corrected chi connectivity index (χ2v) is 5.14. The van der Waals surface area contributed by atoms with E-state index < -0.39 is 23.3 Å². The lowest BCUT2D eigenvalue weighted by Gasteiger charge is -2.29. The first-order chi connectivity index (χ1) is 9.01. The smallest absolute Gasteiger partial charge is 0.415 e. The molecule has 1 aliphatic carbocycles. The summed E-state index contributed by atoms with van der Waals surface area (Å²) in [6.45, 7) is -0.237. The molecule has 1 fully saturated rings. The minimum atomic E-state index is -4.01. The summed E-state index contributed by atoms with van der Waals surface area (Å²) in [5.41, 5.74) is 0. The number of ether oxygens (including phenoxy) is 1. The van der Waals surface area contributed by atoms with Crippen LogP contribution in [0.4, 0.5) is 8.78 Å². The number of hydrogen-bond donors (Lipinski definition) is 1. The lowest BCUT2D eigenvalue weighted by molar-refractivity contribution is -0.777. The highest BCUT2D eigenvalue weighted by Gasteiger charge is 2.44. The average Bonchev–Trinajstić information content (AvgIpc) is 2.42. The van der Waals surface area contributed by atoms with Crippen molar-refractivity contribution in [2.45, 2.75) is 30.9 Å². The van der Waals surface area contributed by atoms with Gasteiger partial charge >= 0.3 is 11.2 Å². The van der Waals surface area contributed by atoms with Gasteiger partial charge in [0.05, 0.1) is 6.61 Å². The second kappa shape index (κ2) is 7.95. The van der Waals surface area contributed by atoms with Crippen LogP contribution in [0.15, 0.2) is 0 Å². The minimum absolute atomic E-state index is 0.0379. The van der Waals surface area contributed by atoms with Gasteiger partial charge in [-0.3, -0.25) is 5.04 Å². The van der Waals surface area contributed by atoms with Gasteiger partial charge in [-0.1, -0.05) is 12.8 Å². The Bertz CT molecular complexity index is 291. The summed E-state index contributed by atoms with van der Waals surface area (Å²) in [5.74, 6) is -1.96. The fraction of sp³-hybridized carbons (Fsp3) is 0.900. The van der Waals surface area contributed by atoms with Crippen LogP contribution in [0, 0.1) is 11.8 Å². The summed E-state index contributed by atoms with van der Waals surface area (Å²) in [5, 5.41) is 17.3. The largest absolute Gasteiger partial charge is 0.691 e. The summed E-state index contributed by atoms with van der Waals surface area (Å²) in [4.78, 5) is 11.1. The monoisotopic (exact) mass is 301 g/mol. The third-order valence-corrected chi connectivity index (χ3v) is 3.63. The quantitative estimate of drug-likeness (QED) is 0.322. The molecule has 0 aromatic rings. The Balaban J connectivity index is 2.39. The molecule has 112 valence electrons. The summed E-state index contributed by atoms with van der Waals surface area (Å²) >= 11 is -0.712. The van der Waals surface area contributed by atoms with Crippen molar-refractivity contribution in [1.29, 1.82) is 0 Å². The molecule has 0 heterocycles. The van der Waals surface area contributed by atoms with Crippen LogP contribution in [0.25, 0.3) is 0 Å². The van der Waals surface area contributed by atoms with Crippen molar-refractivity contribution >= 4 is 18.0 Å². The molecule has 0 aliphatic heterocycles. The van der Waals surface area contributed by atoms with E-state index in [9.17, 15) is 18.8 Å². The molecule has 6 nitrogen and oxygen atoms in total. The molecule has 0 saturated heterocycles. The van der Waals surface area contributed by atoms with Gasteiger partial charge in [0, 0.05) is 6.61 Å². The van der Waals surface area contributed by atoms with E-state index in [4.69, 9.17) is 5.11 Å². The van der Waals surface area contributed by atoms with E-state index in [-0.39, 0.29) is 25.0 Å². The number of carbonyl (C=O) groups excluding carboxylic acids is 1. The Morgan fingerprint density at radius 3 is 2.58 bits per heavy atom. The molecule has 19 heavy (non-hydrogen) atoms. The van der Waals surface area contributed by atoms with Gasteiger partial charge in [-0.25, -0.2) is 4.79 Å². The molecular formula is C10H15F2O6S-. The first-order valence-corrected chi connectivity index (χ1v) is 6.55. The Morgan fingerprint density at radius 1 is 1.37 bits per heavy atom. The van der Waals surface area contributed by atoms with Gasteiger partial charge in [0.25, 0.3) is 0 Å². The van der Waals surface area contributed by atoms with Gasteiger partial charge in [-0.05, 0) is 24.7 Å². The first-order valence-electron chi connectivity index (χ1n) is 5.81. The van der Waals surface area contributed by atoms with Crippen molar-refractivity contribution < 1.29 is 38.0 Å². The molecule has 0 amide bonds. The van der Waals surface area contributed by atoms with E-state index in [2.05, 4.69) is 14.1 Å². The van der Waals surface area contributed by atoms with Crippen LogP contribution < -0.4 is 5.26 Å². The minimum Gasteiger partial charge on any atom is -0.691 e. The number of aliphatic hydroxyl groups excluding tert-OH is 1. The van der Waals surface area contributed by atoms with Crippen molar-refractivity contribution in [3.63, 3.8) is 0 Å². The van der Waals surface area contributed by atoms with Gasteiger partial charge in [0.2, 0.25) is 0 Å². The fourth-order valence-corrected chi connectivity index (χ4v) is 2.34. The molecule has 1 N–H and O–H groups in total. The number of hydrogen-bond acceptors (Lipinski definition) is 7. The van der Waals surface area contributed by atoms with E-state index in [0.29, 0.717) is 0 Å². The standard InChI is InChI=1S/C10H16F2O6S/c11-10(12,19-18-17-15)9(14)16-6-8-4-2-1-3-7(8)5-13/h7-8,13,15H,1-6H2/p-1. The molecule has 1 rings (SSSR count). The SMILES string of the molecule is O=C(OCC1CCCCC1CO)C(F)(F)SOO[O-]. The van der Waals surface area contributed by atoms with Crippen LogP contribution in [0.1, 0.15) is 25.7 Å². The molecular weight excluding hydrogens is 286 g/mol. The highest BCUT2D eigenvalue weighted by Crippen LogP contribution is 2.33. The number of esters is 1. The maximum atomic E-state index is 13.0. The zero-order valence-electron chi connectivity index (χ0n) is 10.0. The molecule has 1 aliphatic rings. The van der Waals surface area contributed by atoms with Crippen molar-refractivity contribution in [2.24, 2.45) is 11.8 Å². The fourth-order valence-electron chi connectivity index (χ4n) is 2.10. The lowest BCUT2D eigenvalue weighted by atomic mass is 9.80. The van der Waals surface area contributed by atoms with Crippen LogP contribution in [0.5, 0.6) is 0 Å². The van der Waals surface area contributed by atoms with Gasteiger partial charge in [0.1, 0.15) is 12.0 Å². The van der Waals surface area contributed by atoms with Gasteiger partial charge in [-0.15, -0.1) is 0 Å². The molecule has 9 heteroatoms. The maximum absolute atomic E-state index is 13.0. The molecule has 2 atom stereocenters. The van der Waals surface area contributed by atoms with Gasteiger partial charge in [0.15, 0.2) is 0 Å². The average molecular weight is 301 g/mol. The molecule has 0 aromatic carbocycles. The van der Waals surface area contributed by atoms with Crippen LogP contribution in [0.2, 0.25) is 0 Å². The summed E-state index contributed by atoms with van der Waals surface area (Å²) in [6.07, 6.45) is 3.39. The van der Waals surface area contributed by atoms with Crippen LogP contribution in [-0.4, -0.2) is 29.5 Å². The topological polar surface area (TPSA) is 88.1 Å². The van der Waals surface area contributed by atoms with Crippen molar-refractivity contribution in [2.75, 3.05) is 13.2 Å². The molecule has 0 radical (unpaired) electrons. The third-order valence-electron chi connectivity index (χ3n) is 3.13. The zero-order valence-corrected chi connectivity index (χ0v) is 10.9. The normalized spacial score (nSPS) is 24.2. The summed E-state index contributed by atoms with van der Waals surface area (Å²) in [7, 11) is 0. The number of alkyl halides is 2. The van der Waals surface area contributed by atoms with Crippen LogP contribution in [0.3, 0.4) is 0 Å². The number of halogens is 2. The molecule has 0 aromatic heterocycles.